The predicted molar refractivity (Wildman–Crippen MR) is 62.5 cm³/mol. The number of carbonyl (C=O) groups excluding carboxylic acids is 1. The summed E-state index contributed by atoms with van der Waals surface area (Å²) in [7, 11) is 0. The van der Waals surface area contributed by atoms with Gasteiger partial charge in [0.1, 0.15) is 0 Å². The number of aliphatic carboxylic acids is 1. The van der Waals surface area contributed by atoms with Gasteiger partial charge >= 0.3 is 5.97 Å². The van der Waals surface area contributed by atoms with Crippen LogP contribution in [0.5, 0.6) is 0 Å². The monoisotopic (exact) mass is 240 g/mol. The van der Waals surface area contributed by atoms with Gasteiger partial charge in [0, 0.05) is 19.1 Å². The first-order valence-electron chi connectivity index (χ1n) is 6.32. The van der Waals surface area contributed by atoms with E-state index in [0.717, 1.165) is 6.42 Å². The Kier molecular flexibility index (Phi) is 3.66. The van der Waals surface area contributed by atoms with E-state index in [1.165, 1.54) is 0 Å². The second kappa shape index (κ2) is 5.04. The third-order valence-electron chi connectivity index (χ3n) is 3.82. The first-order chi connectivity index (χ1) is 8.08. The fourth-order valence-corrected chi connectivity index (χ4v) is 2.31. The van der Waals surface area contributed by atoms with Crippen LogP contribution in [0.2, 0.25) is 0 Å². The van der Waals surface area contributed by atoms with E-state index in [9.17, 15) is 9.59 Å². The topological polar surface area (TPSA) is 69.6 Å². The van der Waals surface area contributed by atoms with E-state index in [0.29, 0.717) is 44.4 Å². The Hall–Kier alpha value is -1.10. The molecular formula is C12H20N2O3. The van der Waals surface area contributed by atoms with Crippen LogP contribution in [0.3, 0.4) is 0 Å². The predicted octanol–water partition coefficient (Wildman–Crippen LogP) is 0.308. The zero-order chi connectivity index (χ0) is 12.4. The lowest BCUT2D eigenvalue weighted by molar-refractivity contribution is -0.145. The molecule has 2 aliphatic rings. The Morgan fingerprint density at radius 2 is 1.94 bits per heavy atom. The van der Waals surface area contributed by atoms with E-state index in [-0.39, 0.29) is 11.8 Å². The lowest BCUT2D eigenvalue weighted by Gasteiger charge is -2.30. The van der Waals surface area contributed by atoms with Gasteiger partial charge in [0.25, 0.3) is 0 Å². The fourth-order valence-electron chi connectivity index (χ4n) is 2.31. The van der Waals surface area contributed by atoms with Crippen molar-refractivity contribution in [1.29, 1.82) is 0 Å². The van der Waals surface area contributed by atoms with Crippen LogP contribution in [0, 0.1) is 11.8 Å². The number of nitrogens with one attached hydrogen (secondary N) is 1. The summed E-state index contributed by atoms with van der Waals surface area (Å²) in [4.78, 5) is 24.4. The van der Waals surface area contributed by atoms with Crippen molar-refractivity contribution < 1.29 is 14.7 Å². The van der Waals surface area contributed by atoms with Gasteiger partial charge in [0.15, 0.2) is 0 Å². The van der Waals surface area contributed by atoms with Crippen LogP contribution in [-0.4, -0.2) is 47.6 Å². The highest BCUT2D eigenvalue weighted by molar-refractivity contribution is 5.79. The number of likely N-dealkylation sites (tertiary alicyclic amines) is 1. The van der Waals surface area contributed by atoms with Crippen LogP contribution in [0.4, 0.5) is 0 Å². The highest BCUT2D eigenvalue weighted by atomic mass is 16.4. The van der Waals surface area contributed by atoms with Crippen LogP contribution >= 0.6 is 0 Å². The van der Waals surface area contributed by atoms with E-state index < -0.39 is 5.97 Å². The molecule has 1 aliphatic carbocycles. The van der Waals surface area contributed by atoms with Crippen molar-refractivity contribution in [3.05, 3.63) is 0 Å². The maximum atomic E-state index is 11.8. The van der Waals surface area contributed by atoms with Crippen molar-refractivity contribution in [1.82, 2.24) is 10.2 Å². The molecule has 1 saturated carbocycles. The molecule has 5 nitrogen and oxygen atoms in total. The van der Waals surface area contributed by atoms with Crippen LogP contribution in [0.25, 0.3) is 0 Å². The third-order valence-corrected chi connectivity index (χ3v) is 3.82. The van der Waals surface area contributed by atoms with Crippen molar-refractivity contribution in [2.45, 2.75) is 32.2 Å². The van der Waals surface area contributed by atoms with E-state index in [1.807, 2.05) is 0 Å². The maximum Gasteiger partial charge on any atom is 0.306 e. The lowest BCUT2D eigenvalue weighted by atomic mass is 9.97. The van der Waals surface area contributed by atoms with Crippen LogP contribution in [-0.2, 0) is 9.59 Å². The van der Waals surface area contributed by atoms with Gasteiger partial charge in [-0.25, -0.2) is 0 Å². The second-order valence-electron chi connectivity index (χ2n) is 5.19. The summed E-state index contributed by atoms with van der Waals surface area (Å²) < 4.78 is 0. The Morgan fingerprint density at radius 1 is 1.35 bits per heavy atom. The number of nitrogens with zero attached hydrogens (tertiary/aromatic N) is 1. The van der Waals surface area contributed by atoms with Gasteiger partial charge < -0.3 is 15.3 Å². The number of carboxylic acid groups (broad SMARTS) is 1. The molecule has 2 atom stereocenters. The van der Waals surface area contributed by atoms with E-state index in [4.69, 9.17) is 5.11 Å². The minimum Gasteiger partial charge on any atom is -0.481 e. The SMILES string of the molecule is CC1CC1NCC(=O)N1CCC(C(=O)O)CC1. The fraction of sp³-hybridized carbons (Fsp3) is 0.833. The lowest BCUT2D eigenvalue weighted by Crippen LogP contribution is -2.44. The molecule has 0 aromatic carbocycles. The minimum absolute atomic E-state index is 0.105. The average Bonchev–Trinajstić information content (AvgIpc) is 3.02. The number of hydrogen-bond acceptors (Lipinski definition) is 3. The third kappa shape index (κ3) is 3.19. The van der Waals surface area contributed by atoms with Gasteiger partial charge in [-0.05, 0) is 25.2 Å². The normalized spacial score (nSPS) is 29.1. The molecule has 1 aliphatic heterocycles. The highest BCUT2D eigenvalue weighted by Crippen LogP contribution is 2.28. The Morgan fingerprint density at radius 3 is 2.41 bits per heavy atom. The van der Waals surface area contributed by atoms with Gasteiger partial charge in [-0.1, -0.05) is 6.92 Å². The summed E-state index contributed by atoms with van der Waals surface area (Å²) in [5.41, 5.74) is 0. The molecule has 0 spiro atoms. The van der Waals surface area contributed by atoms with Crippen molar-refractivity contribution in [2.75, 3.05) is 19.6 Å². The zero-order valence-electron chi connectivity index (χ0n) is 10.2. The van der Waals surface area contributed by atoms with Crippen molar-refractivity contribution in [3.8, 4) is 0 Å². The van der Waals surface area contributed by atoms with E-state index in [1.54, 1.807) is 4.90 Å². The molecule has 2 unspecified atom stereocenters. The molecule has 5 heteroatoms. The molecule has 17 heavy (non-hydrogen) atoms. The van der Waals surface area contributed by atoms with Crippen LogP contribution < -0.4 is 5.32 Å². The van der Waals surface area contributed by atoms with E-state index in [2.05, 4.69) is 12.2 Å². The van der Waals surface area contributed by atoms with Gasteiger partial charge in [-0.3, -0.25) is 9.59 Å². The molecule has 2 N–H and O–H groups in total. The minimum atomic E-state index is -0.734. The second-order valence-corrected chi connectivity index (χ2v) is 5.19. The molecular weight excluding hydrogens is 220 g/mol. The number of rotatable bonds is 4. The van der Waals surface area contributed by atoms with Gasteiger partial charge in [-0.2, -0.15) is 0 Å². The first kappa shape index (κ1) is 12.4. The molecule has 1 amide bonds. The van der Waals surface area contributed by atoms with Crippen LogP contribution in [0.1, 0.15) is 26.2 Å². The average molecular weight is 240 g/mol. The molecule has 2 rings (SSSR count). The largest absolute Gasteiger partial charge is 0.481 e. The molecule has 0 aromatic heterocycles. The summed E-state index contributed by atoms with van der Waals surface area (Å²) in [5.74, 6) is -0.203. The Labute approximate surface area is 101 Å². The molecule has 1 heterocycles. The van der Waals surface area contributed by atoms with Gasteiger partial charge in [-0.15, -0.1) is 0 Å². The summed E-state index contributed by atoms with van der Waals surface area (Å²) in [6, 6.07) is 0.510. The number of carboxylic acids is 1. The van der Waals surface area contributed by atoms with Gasteiger partial charge in [0.2, 0.25) is 5.91 Å². The molecule has 2 fully saturated rings. The molecule has 96 valence electrons. The van der Waals surface area contributed by atoms with E-state index >= 15 is 0 Å². The quantitative estimate of drug-likeness (QED) is 0.742. The smallest absolute Gasteiger partial charge is 0.306 e. The first-order valence-corrected chi connectivity index (χ1v) is 6.32. The maximum absolute atomic E-state index is 11.8. The summed E-state index contributed by atoms with van der Waals surface area (Å²) in [6.45, 7) is 3.72. The summed E-state index contributed by atoms with van der Waals surface area (Å²) in [6.07, 6.45) is 2.33. The van der Waals surface area contributed by atoms with Crippen LogP contribution in [0.15, 0.2) is 0 Å². The summed E-state index contributed by atoms with van der Waals surface area (Å²) >= 11 is 0. The number of carbonyl (C=O) groups is 2. The van der Waals surface area contributed by atoms with Crippen molar-refractivity contribution >= 4 is 11.9 Å². The highest BCUT2D eigenvalue weighted by Gasteiger charge is 2.33. The van der Waals surface area contributed by atoms with Crippen molar-refractivity contribution in [2.24, 2.45) is 11.8 Å². The Balaban J connectivity index is 1.68. The molecule has 1 saturated heterocycles. The summed E-state index contributed by atoms with van der Waals surface area (Å²) in [5, 5.41) is 12.1. The Bertz CT molecular complexity index is 311. The van der Waals surface area contributed by atoms with Crippen molar-refractivity contribution in [3.63, 3.8) is 0 Å². The molecule has 0 aromatic rings. The van der Waals surface area contributed by atoms with Gasteiger partial charge in [0.05, 0.1) is 12.5 Å². The molecule has 0 radical (unpaired) electrons. The number of piperidine rings is 1. The number of amides is 1. The standard InChI is InChI=1S/C12H20N2O3/c1-8-6-10(8)13-7-11(15)14-4-2-9(3-5-14)12(16)17/h8-10,13H,2-7H2,1H3,(H,16,17). The zero-order valence-corrected chi connectivity index (χ0v) is 10.2. The number of hydrogen-bond donors (Lipinski definition) is 2. The molecule has 0 bridgehead atoms.